The number of fused-ring (bicyclic) bond motifs is 1. The van der Waals surface area contributed by atoms with Gasteiger partial charge in [-0.3, -0.25) is 4.98 Å². The van der Waals surface area contributed by atoms with Gasteiger partial charge in [-0.1, -0.05) is 39.2 Å². The molecule has 1 aromatic heterocycles. The van der Waals surface area contributed by atoms with Crippen molar-refractivity contribution in [3.8, 4) is 0 Å². The molecule has 1 aliphatic rings. The molecule has 0 spiro atoms. The Bertz CT molecular complexity index is 402. The van der Waals surface area contributed by atoms with Crippen molar-refractivity contribution in [2.75, 3.05) is 7.05 Å². The standard InChI is InChI=1S/C18H30N2/c1-4-6-9-14(5-2)17(19-3)16-12-7-10-15-11-8-13-20-18(15)16/h8,11,13-14,16-17,19H,4-7,9-10,12H2,1-3H3. The second kappa shape index (κ2) is 7.78. The van der Waals surface area contributed by atoms with E-state index >= 15 is 0 Å². The number of aryl methyl sites for hydroxylation is 1. The lowest BCUT2D eigenvalue weighted by atomic mass is 9.75. The molecule has 112 valence electrons. The molecule has 2 nitrogen and oxygen atoms in total. The SMILES string of the molecule is CCCCC(CC)C(NC)C1CCCc2cccnc21. The monoisotopic (exact) mass is 274 g/mol. The van der Waals surface area contributed by atoms with E-state index in [9.17, 15) is 0 Å². The largest absolute Gasteiger partial charge is 0.316 e. The predicted octanol–water partition coefficient (Wildman–Crippen LogP) is 4.31. The number of nitrogens with one attached hydrogen (secondary N) is 1. The zero-order valence-electron chi connectivity index (χ0n) is 13.4. The zero-order valence-corrected chi connectivity index (χ0v) is 13.4. The van der Waals surface area contributed by atoms with Crippen LogP contribution in [-0.2, 0) is 6.42 Å². The fourth-order valence-electron chi connectivity index (χ4n) is 3.86. The number of hydrogen-bond donors (Lipinski definition) is 1. The average Bonchev–Trinajstić information content (AvgIpc) is 2.51. The van der Waals surface area contributed by atoms with Crippen LogP contribution in [0.25, 0.3) is 0 Å². The number of hydrogen-bond acceptors (Lipinski definition) is 2. The summed E-state index contributed by atoms with van der Waals surface area (Å²) in [5, 5.41) is 3.63. The molecule has 1 aliphatic carbocycles. The Morgan fingerprint density at radius 2 is 2.25 bits per heavy atom. The Hall–Kier alpha value is -0.890. The quantitative estimate of drug-likeness (QED) is 0.801. The molecule has 0 saturated carbocycles. The third kappa shape index (κ3) is 3.41. The number of rotatable bonds is 7. The van der Waals surface area contributed by atoms with Crippen molar-refractivity contribution < 1.29 is 0 Å². The van der Waals surface area contributed by atoms with Crippen molar-refractivity contribution in [2.24, 2.45) is 5.92 Å². The Labute approximate surface area is 124 Å². The number of unbranched alkanes of at least 4 members (excludes halogenated alkanes) is 1. The van der Waals surface area contributed by atoms with Crippen molar-refractivity contribution in [1.82, 2.24) is 10.3 Å². The first-order chi connectivity index (χ1) is 9.81. The van der Waals surface area contributed by atoms with Crippen LogP contribution in [-0.4, -0.2) is 18.1 Å². The minimum atomic E-state index is 0.584. The van der Waals surface area contributed by atoms with Crippen LogP contribution in [0.15, 0.2) is 18.3 Å². The lowest BCUT2D eigenvalue weighted by Gasteiger charge is -2.36. The summed E-state index contributed by atoms with van der Waals surface area (Å²) in [6, 6.07) is 4.94. The van der Waals surface area contributed by atoms with Gasteiger partial charge in [-0.05, 0) is 50.3 Å². The summed E-state index contributed by atoms with van der Waals surface area (Å²) in [6.45, 7) is 4.63. The number of aromatic nitrogens is 1. The molecule has 20 heavy (non-hydrogen) atoms. The van der Waals surface area contributed by atoms with Crippen LogP contribution >= 0.6 is 0 Å². The smallest absolute Gasteiger partial charge is 0.0482 e. The van der Waals surface area contributed by atoms with Gasteiger partial charge in [0.25, 0.3) is 0 Å². The molecular weight excluding hydrogens is 244 g/mol. The molecule has 0 amide bonds. The van der Waals surface area contributed by atoms with E-state index in [2.05, 4.69) is 38.3 Å². The van der Waals surface area contributed by atoms with Crippen LogP contribution in [0.1, 0.15) is 69.5 Å². The number of likely N-dealkylation sites (N-methyl/N-ethyl adjacent to an activating group) is 1. The van der Waals surface area contributed by atoms with Gasteiger partial charge in [-0.25, -0.2) is 0 Å². The molecule has 3 atom stereocenters. The molecular formula is C18H30N2. The third-order valence-electron chi connectivity index (χ3n) is 4.97. The fourth-order valence-corrected chi connectivity index (χ4v) is 3.86. The van der Waals surface area contributed by atoms with E-state index in [0.29, 0.717) is 12.0 Å². The van der Waals surface area contributed by atoms with Gasteiger partial charge in [-0.2, -0.15) is 0 Å². The van der Waals surface area contributed by atoms with Gasteiger partial charge in [0, 0.05) is 23.9 Å². The van der Waals surface area contributed by atoms with Gasteiger partial charge >= 0.3 is 0 Å². The first-order valence-corrected chi connectivity index (χ1v) is 8.42. The van der Waals surface area contributed by atoms with E-state index in [1.807, 2.05) is 6.20 Å². The minimum absolute atomic E-state index is 0.584. The summed E-state index contributed by atoms with van der Waals surface area (Å²) in [4.78, 5) is 4.73. The van der Waals surface area contributed by atoms with E-state index in [4.69, 9.17) is 4.98 Å². The second-order valence-corrected chi connectivity index (χ2v) is 6.17. The van der Waals surface area contributed by atoms with Crippen molar-refractivity contribution in [1.29, 1.82) is 0 Å². The molecule has 2 rings (SSSR count). The van der Waals surface area contributed by atoms with Gasteiger partial charge in [0.05, 0.1) is 0 Å². The van der Waals surface area contributed by atoms with Crippen LogP contribution in [0.4, 0.5) is 0 Å². The normalized spacial score (nSPS) is 21.2. The van der Waals surface area contributed by atoms with Gasteiger partial charge in [0.1, 0.15) is 0 Å². The molecule has 2 heteroatoms. The van der Waals surface area contributed by atoms with Crippen LogP contribution in [0.2, 0.25) is 0 Å². The lowest BCUT2D eigenvalue weighted by Crippen LogP contribution is -2.40. The molecule has 0 saturated heterocycles. The van der Waals surface area contributed by atoms with Crippen molar-refractivity contribution in [3.63, 3.8) is 0 Å². The summed E-state index contributed by atoms with van der Waals surface area (Å²) < 4.78 is 0. The molecule has 0 radical (unpaired) electrons. The highest BCUT2D eigenvalue weighted by Gasteiger charge is 2.32. The second-order valence-electron chi connectivity index (χ2n) is 6.17. The van der Waals surface area contributed by atoms with E-state index in [1.54, 1.807) is 0 Å². The highest BCUT2D eigenvalue weighted by atomic mass is 14.9. The molecule has 0 fully saturated rings. The fraction of sp³-hybridized carbons (Fsp3) is 0.722. The summed E-state index contributed by atoms with van der Waals surface area (Å²) in [5.74, 6) is 1.38. The summed E-state index contributed by atoms with van der Waals surface area (Å²) >= 11 is 0. The Morgan fingerprint density at radius 1 is 1.40 bits per heavy atom. The summed E-state index contributed by atoms with van der Waals surface area (Å²) in [6.07, 6.45) is 11.0. The van der Waals surface area contributed by atoms with Gasteiger partial charge in [0.2, 0.25) is 0 Å². The van der Waals surface area contributed by atoms with Crippen molar-refractivity contribution >= 4 is 0 Å². The van der Waals surface area contributed by atoms with E-state index in [0.717, 1.165) is 5.92 Å². The van der Waals surface area contributed by atoms with Crippen LogP contribution in [0.3, 0.4) is 0 Å². The maximum atomic E-state index is 4.73. The minimum Gasteiger partial charge on any atom is -0.316 e. The Kier molecular flexibility index (Phi) is 6.03. The van der Waals surface area contributed by atoms with E-state index in [1.165, 1.54) is 56.2 Å². The number of nitrogens with zero attached hydrogens (tertiary/aromatic N) is 1. The van der Waals surface area contributed by atoms with E-state index in [-0.39, 0.29) is 0 Å². The molecule has 3 unspecified atom stereocenters. The summed E-state index contributed by atoms with van der Waals surface area (Å²) in [5.41, 5.74) is 2.85. The van der Waals surface area contributed by atoms with Gasteiger partial charge in [0.15, 0.2) is 0 Å². The Balaban J connectivity index is 2.19. The maximum absolute atomic E-state index is 4.73. The topological polar surface area (TPSA) is 24.9 Å². The van der Waals surface area contributed by atoms with Crippen molar-refractivity contribution in [3.05, 3.63) is 29.6 Å². The molecule has 1 N–H and O–H groups in total. The molecule has 1 heterocycles. The average molecular weight is 274 g/mol. The highest BCUT2D eigenvalue weighted by Crippen LogP contribution is 2.36. The highest BCUT2D eigenvalue weighted by molar-refractivity contribution is 5.27. The molecule has 0 bridgehead atoms. The number of pyridine rings is 1. The zero-order chi connectivity index (χ0) is 14.4. The maximum Gasteiger partial charge on any atom is 0.0482 e. The molecule has 0 aliphatic heterocycles. The van der Waals surface area contributed by atoms with Gasteiger partial charge < -0.3 is 5.32 Å². The molecule has 1 aromatic rings. The van der Waals surface area contributed by atoms with Crippen LogP contribution < -0.4 is 5.32 Å². The summed E-state index contributed by atoms with van der Waals surface area (Å²) in [7, 11) is 2.14. The van der Waals surface area contributed by atoms with E-state index < -0.39 is 0 Å². The predicted molar refractivity (Wildman–Crippen MR) is 86.1 cm³/mol. The van der Waals surface area contributed by atoms with Crippen LogP contribution in [0.5, 0.6) is 0 Å². The van der Waals surface area contributed by atoms with Crippen LogP contribution in [0, 0.1) is 5.92 Å². The third-order valence-corrected chi connectivity index (χ3v) is 4.97. The first kappa shape index (κ1) is 15.5. The first-order valence-electron chi connectivity index (χ1n) is 8.42. The van der Waals surface area contributed by atoms with Crippen molar-refractivity contribution in [2.45, 2.75) is 70.8 Å². The lowest BCUT2D eigenvalue weighted by molar-refractivity contribution is 0.271. The Morgan fingerprint density at radius 3 is 2.95 bits per heavy atom. The molecule has 0 aromatic carbocycles. The van der Waals surface area contributed by atoms with Gasteiger partial charge in [-0.15, -0.1) is 0 Å².